The molecule has 0 aliphatic rings. The molecule has 0 fully saturated rings. The average molecular weight is 293 g/mol. The molecule has 0 heterocycles. The van der Waals surface area contributed by atoms with Crippen molar-refractivity contribution in [2.75, 3.05) is 6.61 Å². The molecule has 0 saturated carbocycles. The van der Waals surface area contributed by atoms with Gasteiger partial charge in [0.05, 0.1) is 0 Å². The van der Waals surface area contributed by atoms with Crippen LogP contribution in [0, 0.1) is 19.3 Å². The van der Waals surface area contributed by atoms with Crippen molar-refractivity contribution in [3.8, 4) is 5.75 Å². The number of carboxylic acids is 1. The van der Waals surface area contributed by atoms with Gasteiger partial charge in [-0.15, -0.1) is 0 Å². The van der Waals surface area contributed by atoms with Crippen LogP contribution in [0.25, 0.3) is 0 Å². The molecule has 0 aliphatic carbocycles. The van der Waals surface area contributed by atoms with Crippen molar-refractivity contribution < 1.29 is 19.4 Å². The van der Waals surface area contributed by atoms with Crippen molar-refractivity contribution in [1.29, 1.82) is 0 Å². The van der Waals surface area contributed by atoms with Crippen LogP contribution in [0.1, 0.15) is 31.9 Å². The number of amides is 1. The molecule has 5 nitrogen and oxygen atoms in total. The second-order valence-corrected chi connectivity index (χ2v) is 6.26. The second kappa shape index (κ2) is 6.61. The minimum absolute atomic E-state index is 0.205. The Bertz CT molecular complexity index is 532. The Morgan fingerprint density at radius 3 is 2.38 bits per heavy atom. The monoisotopic (exact) mass is 293 g/mol. The summed E-state index contributed by atoms with van der Waals surface area (Å²) in [5.74, 6) is -0.877. The van der Waals surface area contributed by atoms with Gasteiger partial charge in [0.25, 0.3) is 5.91 Å². The van der Waals surface area contributed by atoms with E-state index in [0.29, 0.717) is 5.75 Å². The largest absolute Gasteiger partial charge is 0.484 e. The van der Waals surface area contributed by atoms with Gasteiger partial charge in [0.2, 0.25) is 0 Å². The number of benzene rings is 1. The summed E-state index contributed by atoms with van der Waals surface area (Å²) in [7, 11) is 0. The summed E-state index contributed by atoms with van der Waals surface area (Å²) in [6.07, 6.45) is 0. The highest BCUT2D eigenvalue weighted by Crippen LogP contribution is 2.20. The summed E-state index contributed by atoms with van der Waals surface area (Å²) < 4.78 is 5.44. The van der Waals surface area contributed by atoms with Crippen LogP contribution in [-0.4, -0.2) is 29.6 Å². The Hall–Kier alpha value is -2.04. The van der Waals surface area contributed by atoms with Gasteiger partial charge in [-0.25, -0.2) is 4.79 Å². The quantitative estimate of drug-likeness (QED) is 0.873. The van der Waals surface area contributed by atoms with E-state index >= 15 is 0 Å². The maximum atomic E-state index is 11.9. The summed E-state index contributed by atoms with van der Waals surface area (Å²) in [5.41, 5.74) is 1.48. The minimum atomic E-state index is -1.05. The van der Waals surface area contributed by atoms with E-state index < -0.39 is 23.3 Å². The molecule has 116 valence electrons. The molecule has 5 heteroatoms. The van der Waals surface area contributed by atoms with Crippen LogP contribution < -0.4 is 10.1 Å². The maximum Gasteiger partial charge on any atom is 0.326 e. The lowest BCUT2D eigenvalue weighted by atomic mass is 9.87. The highest BCUT2D eigenvalue weighted by Gasteiger charge is 2.32. The molecule has 0 spiro atoms. The molecule has 1 aromatic carbocycles. The lowest BCUT2D eigenvalue weighted by molar-refractivity contribution is -0.145. The first kappa shape index (κ1) is 17.0. The molecular formula is C16H23NO4. The van der Waals surface area contributed by atoms with Crippen molar-refractivity contribution in [2.24, 2.45) is 5.41 Å². The van der Waals surface area contributed by atoms with Gasteiger partial charge in [0, 0.05) is 0 Å². The number of aliphatic carboxylic acids is 1. The molecular weight excluding hydrogens is 270 g/mol. The number of nitrogens with one attached hydrogen (secondary N) is 1. The number of carboxylic acid groups (broad SMARTS) is 1. The van der Waals surface area contributed by atoms with E-state index in [4.69, 9.17) is 9.84 Å². The average Bonchev–Trinajstić information content (AvgIpc) is 2.33. The zero-order valence-electron chi connectivity index (χ0n) is 13.2. The molecule has 1 aromatic rings. The Morgan fingerprint density at radius 2 is 1.90 bits per heavy atom. The predicted octanol–water partition coefficient (Wildman–Crippen LogP) is 2.30. The van der Waals surface area contributed by atoms with E-state index in [2.05, 4.69) is 5.32 Å². The highest BCUT2D eigenvalue weighted by atomic mass is 16.5. The number of carbonyl (C=O) groups is 2. The summed E-state index contributed by atoms with van der Waals surface area (Å²) in [5, 5.41) is 11.7. The fraction of sp³-hybridized carbons (Fsp3) is 0.500. The van der Waals surface area contributed by atoms with Gasteiger partial charge in [-0.05, 0) is 30.9 Å². The van der Waals surface area contributed by atoms with Crippen LogP contribution in [0.2, 0.25) is 0 Å². The first-order valence-electron chi connectivity index (χ1n) is 6.83. The van der Waals surface area contributed by atoms with E-state index in [-0.39, 0.29) is 6.61 Å². The Morgan fingerprint density at radius 1 is 1.29 bits per heavy atom. The Balaban J connectivity index is 2.63. The minimum Gasteiger partial charge on any atom is -0.484 e. The fourth-order valence-corrected chi connectivity index (χ4v) is 1.96. The van der Waals surface area contributed by atoms with Crippen LogP contribution in [0.15, 0.2) is 18.2 Å². The number of hydrogen-bond donors (Lipinski definition) is 2. The van der Waals surface area contributed by atoms with Crippen LogP contribution in [-0.2, 0) is 9.59 Å². The third-order valence-electron chi connectivity index (χ3n) is 3.11. The molecule has 0 saturated heterocycles. The topological polar surface area (TPSA) is 75.6 Å². The summed E-state index contributed by atoms with van der Waals surface area (Å²) in [6.45, 7) is 8.95. The van der Waals surface area contributed by atoms with Crippen molar-refractivity contribution in [3.05, 3.63) is 29.3 Å². The molecule has 0 radical (unpaired) electrons. The van der Waals surface area contributed by atoms with E-state index in [1.807, 2.05) is 26.0 Å². The number of carbonyl (C=O) groups excluding carboxylic acids is 1. The van der Waals surface area contributed by atoms with E-state index in [1.54, 1.807) is 26.8 Å². The van der Waals surface area contributed by atoms with Gasteiger partial charge in [-0.3, -0.25) is 4.79 Å². The van der Waals surface area contributed by atoms with Gasteiger partial charge in [-0.1, -0.05) is 38.5 Å². The van der Waals surface area contributed by atoms with Crippen LogP contribution in [0.5, 0.6) is 5.75 Å². The summed E-state index contributed by atoms with van der Waals surface area (Å²) in [6, 6.07) is 4.71. The zero-order chi connectivity index (χ0) is 16.2. The molecule has 0 unspecified atom stereocenters. The van der Waals surface area contributed by atoms with Gasteiger partial charge < -0.3 is 15.2 Å². The lowest BCUT2D eigenvalue weighted by Gasteiger charge is -2.27. The van der Waals surface area contributed by atoms with Crippen LogP contribution in [0.4, 0.5) is 0 Å². The summed E-state index contributed by atoms with van der Waals surface area (Å²) >= 11 is 0. The van der Waals surface area contributed by atoms with E-state index in [9.17, 15) is 9.59 Å². The van der Waals surface area contributed by atoms with Crippen molar-refractivity contribution in [1.82, 2.24) is 5.32 Å². The second-order valence-electron chi connectivity index (χ2n) is 6.26. The van der Waals surface area contributed by atoms with Gasteiger partial charge in [-0.2, -0.15) is 0 Å². The number of rotatable bonds is 5. The number of aryl methyl sites for hydroxylation is 2. The molecule has 0 bridgehead atoms. The number of ether oxygens (including phenoxy) is 1. The van der Waals surface area contributed by atoms with Crippen LogP contribution in [0.3, 0.4) is 0 Å². The molecule has 21 heavy (non-hydrogen) atoms. The molecule has 0 aromatic heterocycles. The van der Waals surface area contributed by atoms with Crippen molar-refractivity contribution >= 4 is 11.9 Å². The predicted molar refractivity (Wildman–Crippen MR) is 80.4 cm³/mol. The highest BCUT2D eigenvalue weighted by molar-refractivity contribution is 5.84. The van der Waals surface area contributed by atoms with E-state index in [1.165, 1.54) is 0 Å². The van der Waals surface area contributed by atoms with Gasteiger partial charge >= 0.3 is 5.97 Å². The lowest BCUT2D eigenvalue weighted by Crippen LogP contribution is -2.50. The SMILES string of the molecule is Cc1ccc(OCC(=O)N[C@H](C(=O)O)C(C)(C)C)c(C)c1. The summed E-state index contributed by atoms with van der Waals surface area (Å²) in [4.78, 5) is 23.0. The van der Waals surface area contributed by atoms with Gasteiger partial charge in [0.15, 0.2) is 6.61 Å². The van der Waals surface area contributed by atoms with Crippen molar-refractivity contribution in [3.63, 3.8) is 0 Å². The molecule has 1 atom stereocenters. The molecule has 1 rings (SSSR count). The van der Waals surface area contributed by atoms with Gasteiger partial charge in [0.1, 0.15) is 11.8 Å². The van der Waals surface area contributed by atoms with Crippen molar-refractivity contribution in [2.45, 2.75) is 40.7 Å². The molecule has 0 aliphatic heterocycles. The van der Waals surface area contributed by atoms with Crippen LogP contribution >= 0.6 is 0 Å². The molecule has 1 amide bonds. The smallest absolute Gasteiger partial charge is 0.326 e. The third-order valence-corrected chi connectivity index (χ3v) is 3.11. The first-order chi connectivity index (χ1) is 9.61. The Labute approximate surface area is 125 Å². The normalized spacial score (nSPS) is 12.6. The standard InChI is InChI=1S/C16H23NO4/c1-10-6-7-12(11(2)8-10)21-9-13(18)17-14(15(19)20)16(3,4)5/h6-8,14H,9H2,1-5H3,(H,17,18)(H,19,20)/t14-/m1/s1. The zero-order valence-corrected chi connectivity index (χ0v) is 13.2. The first-order valence-corrected chi connectivity index (χ1v) is 6.83. The third kappa shape index (κ3) is 5.10. The maximum absolute atomic E-state index is 11.9. The fourth-order valence-electron chi connectivity index (χ4n) is 1.96. The molecule has 2 N–H and O–H groups in total. The number of hydrogen-bond acceptors (Lipinski definition) is 3. The Kier molecular flexibility index (Phi) is 5.35. The van der Waals surface area contributed by atoms with E-state index in [0.717, 1.165) is 11.1 Å².